The summed E-state index contributed by atoms with van der Waals surface area (Å²) in [6.45, 7) is 4.15. The van der Waals surface area contributed by atoms with Crippen LogP contribution >= 0.6 is 0 Å². The van der Waals surface area contributed by atoms with Gasteiger partial charge in [-0.25, -0.2) is 4.98 Å². The first-order valence-corrected chi connectivity index (χ1v) is 7.65. The maximum Gasteiger partial charge on any atom is 0.112 e. The number of aliphatic hydroxyl groups is 1. The molecule has 1 aromatic heterocycles. The first-order valence-electron chi connectivity index (χ1n) is 7.65. The topological polar surface area (TPSA) is 50.1 Å². The minimum absolute atomic E-state index is 0.227. The SMILES string of the molecule is CCCn1c(CC(O)C2CCCN2)nc2ccccc21. The van der Waals surface area contributed by atoms with Crippen molar-refractivity contribution >= 4 is 11.0 Å². The highest BCUT2D eigenvalue weighted by Gasteiger charge is 2.24. The Morgan fingerprint density at radius 3 is 3.05 bits per heavy atom. The summed E-state index contributed by atoms with van der Waals surface area (Å²) in [4.78, 5) is 4.72. The van der Waals surface area contributed by atoms with Crippen molar-refractivity contribution in [2.24, 2.45) is 0 Å². The number of aromatic nitrogens is 2. The summed E-state index contributed by atoms with van der Waals surface area (Å²) in [5, 5.41) is 13.8. The van der Waals surface area contributed by atoms with Crippen LogP contribution in [0.25, 0.3) is 11.0 Å². The molecule has 1 fully saturated rings. The lowest BCUT2D eigenvalue weighted by molar-refractivity contribution is 0.133. The fourth-order valence-corrected chi connectivity index (χ4v) is 3.12. The van der Waals surface area contributed by atoms with Crippen molar-refractivity contribution in [3.63, 3.8) is 0 Å². The van der Waals surface area contributed by atoms with E-state index in [1.54, 1.807) is 0 Å². The van der Waals surface area contributed by atoms with Crippen LogP contribution in [0, 0.1) is 0 Å². The Balaban J connectivity index is 1.87. The van der Waals surface area contributed by atoms with Crippen LogP contribution in [0.5, 0.6) is 0 Å². The summed E-state index contributed by atoms with van der Waals surface area (Å²) in [5.74, 6) is 1.01. The van der Waals surface area contributed by atoms with Crippen LogP contribution in [0.15, 0.2) is 24.3 Å². The van der Waals surface area contributed by atoms with Crippen LogP contribution in [0.1, 0.15) is 32.0 Å². The van der Waals surface area contributed by atoms with Crippen LogP contribution in [0.2, 0.25) is 0 Å². The van der Waals surface area contributed by atoms with Gasteiger partial charge >= 0.3 is 0 Å². The maximum absolute atomic E-state index is 10.4. The number of nitrogens with one attached hydrogen (secondary N) is 1. The smallest absolute Gasteiger partial charge is 0.112 e. The molecule has 0 bridgehead atoms. The minimum atomic E-state index is -0.343. The first kappa shape index (κ1) is 13.6. The molecule has 1 aromatic carbocycles. The van der Waals surface area contributed by atoms with Crippen molar-refractivity contribution in [1.82, 2.24) is 14.9 Å². The van der Waals surface area contributed by atoms with Crippen LogP contribution in [-0.2, 0) is 13.0 Å². The number of fused-ring (bicyclic) bond motifs is 1. The number of aliphatic hydroxyl groups excluding tert-OH is 1. The highest BCUT2D eigenvalue weighted by atomic mass is 16.3. The van der Waals surface area contributed by atoms with Gasteiger partial charge in [-0.2, -0.15) is 0 Å². The van der Waals surface area contributed by atoms with Gasteiger partial charge in [-0.1, -0.05) is 19.1 Å². The van der Waals surface area contributed by atoms with E-state index in [0.717, 1.165) is 43.7 Å². The molecule has 2 atom stereocenters. The molecule has 3 rings (SSSR count). The minimum Gasteiger partial charge on any atom is -0.391 e. The summed E-state index contributed by atoms with van der Waals surface area (Å²) in [7, 11) is 0. The third-order valence-electron chi connectivity index (χ3n) is 4.14. The lowest BCUT2D eigenvalue weighted by Crippen LogP contribution is -2.36. The third-order valence-corrected chi connectivity index (χ3v) is 4.14. The molecule has 0 aliphatic carbocycles. The molecule has 20 heavy (non-hydrogen) atoms. The summed E-state index contributed by atoms with van der Waals surface area (Å²) in [6.07, 6.45) is 3.59. The van der Waals surface area contributed by atoms with E-state index in [1.807, 2.05) is 12.1 Å². The van der Waals surface area contributed by atoms with Gasteiger partial charge in [-0.3, -0.25) is 0 Å². The molecular weight excluding hydrogens is 250 g/mol. The van der Waals surface area contributed by atoms with Gasteiger partial charge in [0.25, 0.3) is 0 Å². The average Bonchev–Trinajstić information content (AvgIpc) is 3.08. The van der Waals surface area contributed by atoms with Gasteiger partial charge < -0.3 is 15.0 Å². The zero-order valence-electron chi connectivity index (χ0n) is 12.0. The quantitative estimate of drug-likeness (QED) is 0.877. The number of rotatable bonds is 5. The molecule has 2 N–H and O–H groups in total. The molecule has 0 spiro atoms. The Labute approximate surface area is 119 Å². The van der Waals surface area contributed by atoms with Gasteiger partial charge in [0.15, 0.2) is 0 Å². The number of hydrogen-bond acceptors (Lipinski definition) is 3. The summed E-state index contributed by atoms with van der Waals surface area (Å²) < 4.78 is 2.26. The summed E-state index contributed by atoms with van der Waals surface area (Å²) in [5.41, 5.74) is 2.21. The van der Waals surface area contributed by atoms with Gasteiger partial charge in [-0.15, -0.1) is 0 Å². The largest absolute Gasteiger partial charge is 0.391 e. The Morgan fingerprint density at radius 1 is 1.45 bits per heavy atom. The molecule has 4 heteroatoms. The number of imidazole rings is 1. The fourth-order valence-electron chi connectivity index (χ4n) is 3.12. The number of aryl methyl sites for hydroxylation is 1. The van der Waals surface area contributed by atoms with Gasteiger partial charge in [0.05, 0.1) is 17.1 Å². The summed E-state index contributed by atoms with van der Waals surface area (Å²) >= 11 is 0. The average molecular weight is 273 g/mol. The van der Waals surface area contributed by atoms with E-state index >= 15 is 0 Å². The monoisotopic (exact) mass is 273 g/mol. The molecule has 0 radical (unpaired) electrons. The Kier molecular flexibility index (Phi) is 4.03. The molecule has 2 aromatic rings. The second kappa shape index (κ2) is 5.94. The molecule has 108 valence electrons. The maximum atomic E-state index is 10.4. The standard InChI is InChI=1S/C16H23N3O/c1-2-10-19-14-8-4-3-6-12(14)18-16(19)11-15(20)13-7-5-9-17-13/h3-4,6,8,13,15,17,20H,2,5,7,9-11H2,1H3. The second-order valence-corrected chi connectivity index (χ2v) is 5.64. The highest BCUT2D eigenvalue weighted by molar-refractivity contribution is 5.75. The van der Waals surface area contributed by atoms with Crippen molar-refractivity contribution < 1.29 is 5.11 Å². The van der Waals surface area contributed by atoms with Crippen LogP contribution < -0.4 is 5.32 Å². The molecule has 1 aliphatic heterocycles. The Hall–Kier alpha value is -1.39. The molecular formula is C16H23N3O. The zero-order valence-corrected chi connectivity index (χ0v) is 12.0. The number of hydrogen-bond donors (Lipinski definition) is 2. The van der Waals surface area contributed by atoms with Gasteiger partial charge in [0.2, 0.25) is 0 Å². The van der Waals surface area contributed by atoms with Gasteiger partial charge in [0, 0.05) is 19.0 Å². The predicted octanol–water partition coefficient (Wildman–Crippen LogP) is 2.10. The van der Waals surface area contributed by atoms with Gasteiger partial charge in [-0.05, 0) is 37.9 Å². The molecule has 0 saturated carbocycles. The van der Waals surface area contributed by atoms with E-state index in [4.69, 9.17) is 4.98 Å². The predicted molar refractivity (Wildman–Crippen MR) is 80.8 cm³/mol. The molecule has 0 amide bonds. The van der Waals surface area contributed by atoms with Crippen molar-refractivity contribution in [3.05, 3.63) is 30.1 Å². The number of nitrogens with zero attached hydrogens (tertiary/aromatic N) is 2. The molecule has 2 unspecified atom stereocenters. The molecule has 4 nitrogen and oxygen atoms in total. The van der Waals surface area contributed by atoms with E-state index in [0.29, 0.717) is 6.42 Å². The number of para-hydroxylation sites is 2. The first-order chi connectivity index (χ1) is 9.79. The van der Waals surface area contributed by atoms with E-state index < -0.39 is 0 Å². The second-order valence-electron chi connectivity index (χ2n) is 5.64. The fraction of sp³-hybridized carbons (Fsp3) is 0.562. The van der Waals surface area contributed by atoms with Crippen molar-refractivity contribution in [2.75, 3.05) is 6.54 Å². The van der Waals surface area contributed by atoms with E-state index in [2.05, 4.69) is 28.9 Å². The lowest BCUT2D eigenvalue weighted by Gasteiger charge is -2.18. The Bertz CT molecular complexity index is 572. The zero-order chi connectivity index (χ0) is 13.9. The lowest BCUT2D eigenvalue weighted by atomic mass is 10.1. The van der Waals surface area contributed by atoms with Crippen molar-refractivity contribution in [1.29, 1.82) is 0 Å². The molecule has 2 heterocycles. The summed E-state index contributed by atoms with van der Waals surface area (Å²) in [6, 6.07) is 8.46. The van der Waals surface area contributed by atoms with Crippen molar-refractivity contribution in [3.8, 4) is 0 Å². The third kappa shape index (κ3) is 2.58. The van der Waals surface area contributed by atoms with Gasteiger partial charge in [0.1, 0.15) is 5.82 Å². The van der Waals surface area contributed by atoms with E-state index in [9.17, 15) is 5.11 Å². The molecule has 1 saturated heterocycles. The van der Waals surface area contributed by atoms with E-state index in [-0.39, 0.29) is 12.1 Å². The van der Waals surface area contributed by atoms with Crippen LogP contribution in [0.4, 0.5) is 0 Å². The van der Waals surface area contributed by atoms with Crippen LogP contribution in [-0.4, -0.2) is 33.3 Å². The highest BCUT2D eigenvalue weighted by Crippen LogP contribution is 2.19. The Morgan fingerprint density at radius 2 is 2.30 bits per heavy atom. The van der Waals surface area contributed by atoms with Crippen LogP contribution in [0.3, 0.4) is 0 Å². The molecule has 1 aliphatic rings. The number of benzene rings is 1. The van der Waals surface area contributed by atoms with Crippen molar-refractivity contribution in [2.45, 2.75) is 51.3 Å². The van der Waals surface area contributed by atoms with E-state index in [1.165, 1.54) is 5.52 Å². The normalized spacial score (nSPS) is 20.6.